The van der Waals surface area contributed by atoms with Crippen LogP contribution in [0.3, 0.4) is 0 Å². The van der Waals surface area contributed by atoms with Crippen molar-refractivity contribution in [2.75, 3.05) is 13.1 Å². The summed E-state index contributed by atoms with van der Waals surface area (Å²) in [6, 6.07) is 7.51. The van der Waals surface area contributed by atoms with E-state index in [4.69, 9.17) is 4.42 Å². The molecule has 1 atom stereocenters. The van der Waals surface area contributed by atoms with Gasteiger partial charge in [0.15, 0.2) is 0 Å². The van der Waals surface area contributed by atoms with Crippen molar-refractivity contribution in [1.82, 2.24) is 19.4 Å². The van der Waals surface area contributed by atoms with Crippen LogP contribution in [0.5, 0.6) is 0 Å². The summed E-state index contributed by atoms with van der Waals surface area (Å²) in [5, 5.41) is 3.02. The normalized spacial score (nSPS) is 17.3. The van der Waals surface area contributed by atoms with Crippen LogP contribution < -0.4 is 0 Å². The maximum absolute atomic E-state index is 13.1. The molecule has 3 aromatic heterocycles. The third-order valence-electron chi connectivity index (χ3n) is 5.34. The van der Waals surface area contributed by atoms with E-state index in [9.17, 15) is 4.79 Å². The minimum Gasteiger partial charge on any atom is -0.464 e. The van der Waals surface area contributed by atoms with Gasteiger partial charge in [-0.15, -0.1) is 11.3 Å². The number of thiazole rings is 1. The number of carbonyl (C=O) groups excluding carboxylic acids is 1. The largest absolute Gasteiger partial charge is 0.464 e. The highest BCUT2D eigenvalue weighted by Crippen LogP contribution is 2.28. The van der Waals surface area contributed by atoms with Gasteiger partial charge in [-0.05, 0) is 37.1 Å². The second-order valence-electron chi connectivity index (χ2n) is 7.16. The van der Waals surface area contributed by atoms with Crippen LogP contribution in [-0.4, -0.2) is 38.4 Å². The summed E-state index contributed by atoms with van der Waals surface area (Å²) in [6.07, 6.45) is 7.52. The fourth-order valence-corrected chi connectivity index (χ4v) is 4.51. The molecule has 0 spiro atoms. The van der Waals surface area contributed by atoms with E-state index in [-0.39, 0.29) is 11.8 Å². The number of piperidine rings is 1. The van der Waals surface area contributed by atoms with Crippen LogP contribution in [0.1, 0.15) is 40.6 Å². The number of hydrogen-bond acceptors (Lipinski definition) is 5. The summed E-state index contributed by atoms with van der Waals surface area (Å²) >= 11 is 1.60. The van der Waals surface area contributed by atoms with Gasteiger partial charge < -0.3 is 13.9 Å². The second kappa shape index (κ2) is 7.24. The van der Waals surface area contributed by atoms with Gasteiger partial charge in [-0.3, -0.25) is 4.79 Å². The summed E-state index contributed by atoms with van der Waals surface area (Å²) < 4.78 is 7.54. The molecule has 1 aliphatic heterocycles. The van der Waals surface area contributed by atoms with Crippen LogP contribution in [0.25, 0.3) is 11.0 Å². The maximum atomic E-state index is 13.1. The molecule has 1 amide bonds. The summed E-state index contributed by atoms with van der Waals surface area (Å²) in [5.41, 5.74) is 4.41. The lowest BCUT2D eigenvalue weighted by Crippen LogP contribution is -2.39. The van der Waals surface area contributed by atoms with Crippen molar-refractivity contribution < 1.29 is 9.21 Å². The third kappa shape index (κ3) is 3.22. The van der Waals surface area contributed by atoms with Gasteiger partial charge in [-0.1, -0.05) is 0 Å². The van der Waals surface area contributed by atoms with Crippen molar-refractivity contribution in [3.05, 3.63) is 70.9 Å². The molecule has 0 aliphatic carbocycles. The molecule has 5 rings (SSSR count). The minimum absolute atomic E-state index is 0.0745. The fraction of sp³-hybridized carbons (Fsp3) is 0.286. The van der Waals surface area contributed by atoms with Crippen molar-refractivity contribution in [1.29, 1.82) is 0 Å². The first-order valence-electron chi connectivity index (χ1n) is 9.42. The molecule has 0 saturated carbocycles. The molecule has 1 fully saturated rings. The van der Waals surface area contributed by atoms with E-state index >= 15 is 0 Å². The van der Waals surface area contributed by atoms with Gasteiger partial charge in [0.2, 0.25) is 0 Å². The molecule has 28 heavy (non-hydrogen) atoms. The summed E-state index contributed by atoms with van der Waals surface area (Å²) in [5.74, 6) is 1.35. The molecule has 1 saturated heterocycles. The SMILES string of the molecule is O=C(c1ccc2occc2c1)N1CCC[C@@H](c2nccn2Cc2cscn2)C1. The monoisotopic (exact) mass is 392 g/mol. The van der Waals surface area contributed by atoms with Gasteiger partial charge in [0, 0.05) is 47.7 Å². The molecule has 4 heterocycles. The van der Waals surface area contributed by atoms with Crippen LogP contribution in [0, 0.1) is 0 Å². The Morgan fingerprint density at radius 3 is 3.14 bits per heavy atom. The fourth-order valence-electron chi connectivity index (χ4n) is 3.96. The van der Waals surface area contributed by atoms with Crippen molar-refractivity contribution in [3.63, 3.8) is 0 Å². The molecule has 1 aliphatic rings. The standard InChI is InChI=1S/C21H20N4O2S/c26-21(16-3-4-19-15(10-16)5-9-27-19)25-7-1-2-17(11-25)20-22-6-8-24(20)12-18-13-28-14-23-18/h3-6,8-10,13-14,17H,1-2,7,11-12H2/t17-/m1/s1. The van der Waals surface area contributed by atoms with E-state index < -0.39 is 0 Å². The zero-order chi connectivity index (χ0) is 18.9. The lowest BCUT2D eigenvalue weighted by Gasteiger charge is -2.32. The van der Waals surface area contributed by atoms with E-state index in [1.54, 1.807) is 17.6 Å². The van der Waals surface area contributed by atoms with E-state index in [2.05, 4.69) is 19.9 Å². The summed E-state index contributed by atoms with van der Waals surface area (Å²) in [4.78, 5) is 24.0. The molecular formula is C21H20N4O2S. The van der Waals surface area contributed by atoms with Crippen molar-refractivity contribution in [3.8, 4) is 0 Å². The van der Waals surface area contributed by atoms with Crippen molar-refractivity contribution in [2.24, 2.45) is 0 Å². The van der Waals surface area contributed by atoms with E-state index in [0.717, 1.165) is 48.4 Å². The number of amides is 1. The zero-order valence-corrected chi connectivity index (χ0v) is 16.1. The number of fused-ring (bicyclic) bond motifs is 1. The number of aromatic nitrogens is 3. The Hall–Kier alpha value is -2.93. The average Bonchev–Trinajstić information content (AvgIpc) is 3.49. The van der Waals surface area contributed by atoms with E-state index in [0.29, 0.717) is 12.1 Å². The summed E-state index contributed by atoms with van der Waals surface area (Å²) in [6.45, 7) is 2.20. The number of furan rings is 1. The lowest BCUT2D eigenvalue weighted by atomic mass is 9.96. The van der Waals surface area contributed by atoms with Gasteiger partial charge in [0.25, 0.3) is 5.91 Å². The molecular weight excluding hydrogens is 372 g/mol. The second-order valence-corrected chi connectivity index (χ2v) is 7.88. The first-order valence-corrected chi connectivity index (χ1v) is 10.4. The number of rotatable bonds is 4. The molecule has 1 aromatic carbocycles. The zero-order valence-electron chi connectivity index (χ0n) is 15.3. The first-order chi connectivity index (χ1) is 13.8. The molecule has 0 bridgehead atoms. The number of nitrogens with zero attached hydrogens (tertiary/aromatic N) is 4. The molecule has 4 aromatic rings. The number of likely N-dealkylation sites (tertiary alicyclic amines) is 1. The molecule has 7 heteroatoms. The van der Waals surface area contributed by atoms with Gasteiger partial charge in [0.05, 0.1) is 24.0 Å². The van der Waals surface area contributed by atoms with Crippen LogP contribution in [0.4, 0.5) is 0 Å². The van der Waals surface area contributed by atoms with Crippen molar-refractivity contribution in [2.45, 2.75) is 25.3 Å². The minimum atomic E-state index is 0.0745. The Morgan fingerprint density at radius 2 is 2.25 bits per heavy atom. The Morgan fingerprint density at radius 1 is 1.29 bits per heavy atom. The summed E-state index contributed by atoms with van der Waals surface area (Å²) in [7, 11) is 0. The topological polar surface area (TPSA) is 64.2 Å². The van der Waals surface area contributed by atoms with Crippen LogP contribution in [-0.2, 0) is 6.54 Å². The smallest absolute Gasteiger partial charge is 0.253 e. The van der Waals surface area contributed by atoms with Crippen LogP contribution in [0.15, 0.2) is 58.2 Å². The highest BCUT2D eigenvalue weighted by molar-refractivity contribution is 7.07. The quantitative estimate of drug-likeness (QED) is 0.523. The predicted molar refractivity (Wildman–Crippen MR) is 108 cm³/mol. The van der Waals surface area contributed by atoms with Crippen molar-refractivity contribution >= 4 is 28.2 Å². The molecule has 0 radical (unpaired) electrons. The van der Waals surface area contributed by atoms with Crippen LogP contribution in [0.2, 0.25) is 0 Å². The van der Waals surface area contributed by atoms with Crippen LogP contribution >= 0.6 is 11.3 Å². The highest BCUT2D eigenvalue weighted by atomic mass is 32.1. The van der Waals surface area contributed by atoms with E-state index in [1.807, 2.05) is 47.1 Å². The molecule has 6 nitrogen and oxygen atoms in total. The number of carbonyl (C=O) groups is 1. The lowest BCUT2D eigenvalue weighted by molar-refractivity contribution is 0.0703. The average molecular weight is 392 g/mol. The molecule has 0 N–H and O–H groups in total. The maximum Gasteiger partial charge on any atom is 0.253 e. The molecule has 0 unspecified atom stereocenters. The van der Waals surface area contributed by atoms with Gasteiger partial charge in [0.1, 0.15) is 11.4 Å². The Kier molecular flexibility index (Phi) is 4.44. The van der Waals surface area contributed by atoms with Gasteiger partial charge in [-0.2, -0.15) is 0 Å². The first kappa shape index (κ1) is 17.2. The highest BCUT2D eigenvalue weighted by Gasteiger charge is 2.28. The predicted octanol–water partition coefficient (Wildman–Crippen LogP) is 4.15. The van der Waals surface area contributed by atoms with E-state index in [1.165, 1.54) is 0 Å². The Labute approximate surface area is 166 Å². The van der Waals surface area contributed by atoms with Gasteiger partial charge in [-0.25, -0.2) is 9.97 Å². The Balaban J connectivity index is 1.35. The number of imidazole rings is 1. The Bertz CT molecular complexity index is 1100. The van der Waals surface area contributed by atoms with Gasteiger partial charge >= 0.3 is 0 Å². The third-order valence-corrected chi connectivity index (χ3v) is 5.97. The number of hydrogen-bond donors (Lipinski definition) is 0. The number of benzene rings is 1. The molecule has 142 valence electrons.